The number of nitrogens with one attached hydrogen (secondary N) is 1. The Morgan fingerprint density at radius 2 is 1.81 bits per heavy atom. The van der Waals surface area contributed by atoms with E-state index in [0.29, 0.717) is 48.3 Å². The van der Waals surface area contributed by atoms with Crippen LogP contribution in [0.2, 0.25) is 5.02 Å². The number of aromatic nitrogens is 2. The van der Waals surface area contributed by atoms with Crippen LogP contribution < -0.4 is 10.1 Å². The third-order valence-corrected chi connectivity index (χ3v) is 7.42. The van der Waals surface area contributed by atoms with Crippen LogP contribution in [-0.4, -0.2) is 39.9 Å². The van der Waals surface area contributed by atoms with Crippen molar-refractivity contribution in [1.82, 2.24) is 15.1 Å². The zero-order valence-electron chi connectivity index (χ0n) is 20.5. The van der Waals surface area contributed by atoms with E-state index in [1.807, 2.05) is 36.4 Å². The number of carbonyl (C=O) groups is 2. The minimum absolute atomic E-state index is 0.0469. The predicted octanol–water partition coefficient (Wildman–Crippen LogP) is 5.79. The van der Waals surface area contributed by atoms with Crippen molar-refractivity contribution < 1.29 is 19.4 Å². The van der Waals surface area contributed by atoms with Gasteiger partial charge in [-0.05, 0) is 66.6 Å². The smallest absolute Gasteiger partial charge is 0.306 e. The van der Waals surface area contributed by atoms with Gasteiger partial charge in [-0.3, -0.25) is 14.3 Å². The van der Waals surface area contributed by atoms with Gasteiger partial charge in [0.25, 0.3) is 5.91 Å². The molecule has 1 aliphatic carbocycles. The molecule has 7 nitrogen and oxygen atoms in total. The fraction of sp³-hybridized carbons (Fsp3) is 0.276. The molecule has 1 heterocycles. The topological polar surface area (TPSA) is 93.5 Å². The van der Waals surface area contributed by atoms with Gasteiger partial charge in [-0.25, -0.2) is 0 Å². The summed E-state index contributed by atoms with van der Waals surface area (Å²) in [5.41, 5.74) is 4.37. The summed E-state index contributed by atoms with van der Waals surface area (Å²) in [6, 6.07) is 19.5. The fourth-order valence-electron chi connectivity index (χ4n) is 5.00. The summed E-state index contributed by atoms with van der Waals surface area (Å²) in [7, 11) is 1.65. The number of ether oxygens (including phenoxy) is 1. The number of halogens is 1. The molecule has 1 fully saturated rings. The first kappa shape index (κ1) is 24.8. The van der Waals surface area contributed by atoms with E-state index < -0.39 is 5.97 Å². The largest absolute Gasteiger partial charge is 0.497 e. The standard InChI is InChI=1S/C29H28ClN3O4/c1-37-23-4-2-3-21(15-23)19-7-5-18(6-8-19)17-33-27-24(13-14-26(30)25(27)16-31-33)28(34)32-22-11-9-20(10-12-22)29(35)36/h2-8,13-16,20,22H,9-12,17H2,1H3,(H,32,34)(H,35,36). The van der Waals surface area contributed by atoms with Crippen molar-refractivity contribution in [3.05, 3.63) is 83.0 Å². The van der Waals surface area contributed by atoms with Gasteiger partial charge in [-0.15, -0.1) is 0 Å². The van der Waals surface area contributed by atoms with Crippen molar-refractivity contribution in [3.8, 4) is 16.9 Å². The number of benzene rings is 3. The van der Waals surface area contributed by atoms with E-state index in [1.54, 1.807) is 30.1 Å². The number of methoxy groups -OCH3 is 1. The molecule has 0 aliphatic heterocycles. The van der Waals surface area contributed by atoms with Crippen molar-refractivity contribution >= 4 is 34.4 Å². The molecule has 3 aromatic carbocycles. The number of hydrogen-bond acceptors (Lipinski definition) is 4. The molecule has 8 heteroatoms. The maximum Gasteiger partial charge on any atom is 0.306 e. The van der Waals surface area contributed by atoms with E-state index in [4.69, 9.17) is 16.3 Å². The number of carboxylic acid groups (broad SMARTS) is 1. The molecule has 0 atom stereocenters. The summed E-state index contributed by atoms with van der Waals surface area (Å²) in [4.78, 5) is 24.5. The molecule has 190 valence electrons. The van der Waals surface area contributed by atoms with Gasteiger partial charge in [0.2, 0.25) is 0 Å². The average Bonchev–Trinajstić information content (AvgIpc) is 3.34. The number of fused-ring (bicyclic) bond motifs is 1. The Bertz CT molecular complexity index is 1440. The number of carboxylic acids is 1. The van der Waals surface area contributed by atoms with Crippen molar-refractivity contribution in [2.24, 2.45) is 5.92 Å². The van der Waals surface area contributed by atoms with E-state index >= 15 is 0 Å². The van der Waals surface area contributed by atoms with Gasteiger partial charge < -0.3 is 15.2 Å². The lowest BCUT2D eigenvalue weighted by atomic mass is 9.86. The second-order valence-electron chi connectivity index (χ2n) is 9.45. The molecule has 0 radical (unpaired) electrons. The van der Waals surface area contributed by atoms with Crippen LogP contribution in [0, 0.1) is 5.92 Å². The number of hydrogen-bond donors (Lipinski definition) is 2. The molecule has 0 saturated heterocycles. The second-order valence-corrected chi connectivity index (χ2v) is 9.86. The molecule has 1 amide bonds. The predicted molar refractivity (Wildman–Crippen MR) is 143 cm³/mol. The molecule has 5 rings (SSSR count). The van der Waals surface area contributed by atoms with Crippen LogP contribution in [0.1, 0.15) is 41.6 Å². The minimum atomic E-state index is -0.760. The third kappa shape index (κ3) is 5.32. The average molecular weight is 518 g/mol. The summed E-state index contributed by atoms with van der Waals surface area (Å²) in [5, 5.41) is 18.1. The van der Waals surface area contributed by atoms with E-state index in [1.165, 1.54) is 0 Å². The Morgan fingerprint density at radius 3 is 2.51 bits per heavy atom. The van der Waals surface area contributed by atoms with Crippen LogP contribution >= 0.6 is 11.6 Å². The fourth-order valence-corrected chi connectivity index (χ4v) is 5.20. The van der Waals surface area contributed by atoms with Crippen molar-refractivity contribution in [2.75, 3.05) is 7.11 Å². The van der Waals surface area contributed by atoms with Gasteiger partial charge in [0, 0.05) is 11.4 Å². The molecule has 1 aromatic heterocycles. The highest BCUT2D eigenvalue weighted by Crippen LogP contribution is 2.29. The van der Waals surface area contributed by atoms with E-state index in [2.05, 4.69) is 22.5 Å². The summed E-state index contributed by atoms with van der Waals surface area (Å²) < 4.78 is 7.14. The molecular weight excluding hydrogens is 490 g/mol. The Morgan fingerprint density at radius 1 is 1.05 bits per heavy atom. The molecule has 1 aliphatic rings. The van der Waals surface area contributed by atoms with E-state index in [-0.39, 0.29) is 17.9 Å². The van der Waals surface area contributed by atoms with Gasteiger partial charge in [-0.1, -0.05) is 48.0 Å². The number of amides is 1. The van der Waals surface area contributed by atoms with Gasteiger partial charge in [0.05, 0.1) is 41.9 Å². The van der Waals surface area contributed by atoms with E-state index in [0.717, 1.165) is 27.8 Å². The monoisotopic (exact) mass is 517 g/mol. The molecule has 4 aromatic rings. The van der Waals surface area contributed by atoms with Crippen LogP contribution in [0.4, 0.5) is 0 Å². The normalized spacial score (nSPS) is 17.5. The quantitative estimate of drug-likeness (QED) is 0.324. The van der Waals surface area contributed by atoms with Crippen molar-refractivity contribution in [3.63, 3.8) is 0 Å². The lowest BCUT2D eigenvalue weighted by Gasteiger charge is -2.27. The van der Waals surface area contributed by atoms with Crippen LogP contribution in [-0.2, 0) is 11.3 Å². The van der Waals surface area contributed by atoms with Gasteiger partial charge in [0.1, 0.15) is 5.75 Å². The molecule has 37 heavy (non-hydrogen) atoms. The van der Waals surface area contributed by atoms with Crippen LogP contribution in [0.25, 0.3) is 22.0 Å². The Balaban J connectivity index is 1.36. The maximum atomic E-state index is 13.3. The second kappa shape index (κ2) is 10.6. The van der Waals surface area contributed by atoms with Crippen LogP contribution in [0.15, 0.2) is 66.9 Å². The molecule has 1 saturated carbocycles. The number of aliphatic carboxylic acids is 1. The summed E-state index contributed by atoms with van der Waals surface area (Å²) in [6.07, 6.45) is 4.13. The van der Waals surface area contributed by atoms with Gasteiger partial charge in [0.15, 0.2) is 0 Å². The van der Waals surface area contributed by atoms with E-state index in [9.17, 15) is 14.7 Å². The Kier molecular flexibility index (Phi) is 7.15. The molecule has 0 spiro atoms. The van der Waals surface area contributed by atoms with Crippen LogP contribution in [0.3, 0.4) is 0 Å². The minimum Gasteiger partial charge on any atom is -0.497 e. The first-order valence-electron chi connectivity index (χ1n) is 12.3. The first-order chi connectivity index (χ1) is 17.9. The number of carbonyl (C=O) groups excluding carboxylic acids is 1. The maximum absolute atomic E-state index is 13.3. The van der Waals surface area contributed by atoms with Crippen molar-refractivity contribution in [1.29, 1.82) is 0 Å². The Labute approximate surface area is 220 Å². The lowest BCUT2D eigenvalue weighted by Crippen LogP contribution is -2.38. The first-order valence-corrected chi connectivity index (χ1v) is 12.7. The van der Waals surface area contributed by atoms with Crippen molar-refractivity contribution in [2.45, 2.75) is 38.3 Å². The molecule has 0 bridgehead atoms. The highest BCUT2D eigenvalue weighted by atomic mass is 35.5. The van der Waals surface area contributed by atoms with Gasteiger partial charge in [-0.2, -0.15) is 5.10 Å². The summed E-state index contributed by atoms with van der Waals surface area (Å²) >= 11 is 6.45. The summed E-state index contributed by atoms with van der Waals surface area (Å²) in [5.74, 6) is -0.477. The summed E-state index contributed by atoms with van der Waals surface area (Å²) in [6.45, 7) is 0.478. The Hall–Kier alpha value is -3.84. The molecular formula is C29H28ClN3O4. The molecule has 0 unspecified atom stereocenters. The lowest BCUT2D eigenvalue weighted by molar-refractivity contribution is -0.142. The zero-order chi connectivity index (χ0) is 25.9. The number of nitrogens with zero attached hydrogens (tertiary/aromatic N) is 2. The highest BCUT2D eigenvalue weighted by molar-refractivity contribution is 6.36. The third-order valence-electron chi connectivity index (χ3n) is 7.09. The van der Waals surface area contributed by atoms with Crippen LogP contribution in [0.5, 0.6) is 5.75 Å². The zero-order valence-corrected chi connectivity index (χ0v) is 21.2. The van der Waals surface area contributed by atoms with Gasteiger partial charge >= 0.3 is 5.97 Å². The highest BCUT2D eigenvalue weighted by Gasteiger charge is 2.27. The molecule has 2 N–H and O–H groups in total. The SMILES string of the molecule is COc1cccc(-c2ccc(Cn3ncc4c(Cl)ccc(C(=O)NC5CCC(C(=O)O)CC5)c43)cc2)c1. The number of rotatable bonds is 7.